The van der Waals surface area contributed by atoms with Gasteiger partial charge in [0.15, 0.2) is 0 Å². The van der Waals surface area contributed by atoms with Crippen molar-refractivity contribution in [1.82, 2.24) is 4.48 Å². The standard InChI is InChI=1S/C59H38BN3/c1-5-20-40(21-6-1)59(41-22-7-2-8-23-41)49-31-15-16-34-52(49)62-54-38-44(61(42-24-9-3-10-25-42)43-26-11-4-12-27-43)37-48-46-29-17-30-47-55-45-28-14-13-19-39(45)35-36-53(55)63(57(46)47)60(56(48)54)51-33-18-32-50(59)58(51)62/h1-38H. The molecule has 3 aliphatic heterocycles. The highest BCUT2D eigenvalue weighted by Gasteiger charge is 2.52. The van der Waals surface area contributed by atoms with Crippen LogP contribution in [0.1, 0.15) is 22.3 Å². The van der Waals surface area contributed by atoms with Crippen LogP contribution in [0.5, 0.6) is 0 Å². The average molecular weight is 800 g/mol. The van der Waals surface area contributed by atoms with E-state index in [-0.39, 0.29) is 6.85 Å². The van der Waals surface area contributed by atoms with Gasteiger partial charge < -0.3 is 14.3 Å². The van der Waals surface area contributed by atoms with Crippen LogP contribution in [0.3, 0.4) is 0 Å². The summed E-state index contributed by atoms with van der Waals surface area (Å²) in [5.74, 6) is 0. The van der Waals surface area contributed by atoms with Crippen molar-refractivity contribution in [2.24, 2.45) is 0 Å². The molecule has 0 amide bonds. The lowest BCUT2D eigenvalue weighted by molar-refractivity contribution is 0.732. The molecule has 0 saturated carbocycles. The summed E-state index contributed by atoms with van der Waals surface area (Å²) >= 11 is 0. The van der Waals surface area contributed by atoms with Crippen LogP contribution in [0.15, 0.2) is 231 Å². The largest absolute Gasteiger partial charge is 0.375 e. The molecular weight excluding hydrogens is 761 g/mol. The van der Waals surface area contributed by atoms with Crippen molar-refractivity contribution in [3.8, 4) is 11.1 Å². The zero-order valence-corrected chi connectivity index (χ0v) is 34.4. The molecule has 292 valence electrons. The zero-order chi connectivity index (χ0) is 41.2. The van der Waals surface area contributed by atoms with Gasteiger partial charge in [0.1, 0.15) is 0 Å². The van der Waals surface area contributed by atoms with Gasteiger partial charge in [-0.1, -0.05) is 182 Å². The smallest absolute Gasteiger partial charge is 0.333 e. The van der Waals surface area contributed by atoms with E-state index >= 15 is 0 Å². The average Bonchev–Trinajstić information content (AvgIpc) is 3.70. The van der Waals surface area contributed by atoms with E-state index in [1.807, 2.05) is 0 Å². The highest BCUT2D eigenvalue weighted by atomic mass is 15.2. The van der Waals surface area contributed by atoms with E-state index in [1.54, 1.807) is 0 Å². The SMILES string of the molecule is c1ccc(N(c2ccccc2)c2cc3c4c(c2)N2c5ccccc5C(c5ccccc5)(c5ccccc5)c5cccc(c52)B4n2c4ccc5ccccc5c4c4cccc-3c42)cc1. The van der Waals surface area contributed by atoms with Gasteiger partial charge in [0.2, 0.25) is 0 Å². The number of rotatable bonds is 5. The second-order valence-corrected chi connectivity index (χ2v) is 17.2. The maximum Gasteiger partial charge on any atom is 0.333 e. The number of nitrogens with zero attached hydrogens (tertiary/aromatic N) is 3. The molecule has 0 atom stereocenters. The van der Waals surface area contributed by atoms with Crippen molar-refractivity contribution < 1.29 is 0 Å². The lowest BCUT2D eigenvalue weighted by Crippen LogP contribution is -2.58. The van der Waals surface area contributed by atoms with E-state index in [4.69, 9.17) is 0 Å². The van der Waals surface area contributed by atoms with Crippen LogP contribution in [0.25, 0.3) is 43.7 Å². The van der Waals surface area contributed by atoms with Crippen molar-refractivity contribution in [2.75, 3.05) is 9.80 Å². The molecule has 0 unspecified atom stereocenters. The minimum Gasteiger partial charge on any atom is -0.375 e. The third kappa shape index (κ3) is 4.54. The first-order chi connectivity index (χ1) is 31.3. The minimum absolute atomic E-state index is 0.0947. The molecule has 3 aliphatic rings. The fraction of sp³-hybridized carbons (Fsp3) is 0.0169. The molecule has 4 heteroatoms. The summed E-state index contributed by atoms with van der Waals surface area (Å²) in [5, 5.41) is 5.15. The Morgan fingerprint density at radius 2 is 1.03 bits per heavy atom. The van der Waals surface area contributed by atoms with E-state index in [2.05, 4.69) is 245 Å². The Bertz CT molecular complexity index is 3560. The Hall–Kier alpha value is -8.08. The molecule has 1 aromatic heterocycles. The van der Waals surface area contributed by atoms with Gasteiger partial charge in [0.25, 0.3) is 0 Å². The molecule has 0 saturated heterocycles. The highest BCUT2D eigenvalue weighted by molar-refractivity contribution is 6.90. The van der Waals surface area contributed by atoms with Crippen molar-refractivity contribution in [3.05, 3.63) is 253 Å². The molecule has 0 radical (unpaired) electrons. The van der Waals surface area contributed by atoms with Gasteiger partial charge in [0, 0.05) is 55.8 Å². The van der Waals surface area contributed by atoms with Crippen LogP contribution in [-0.2, 0) is 5.41 Å². The summed E-state index contributed by atoms with van der Waals surface area (Å²) in [7, 11) is 0. The molecule has 14 rings (SSSR count). The molecule has 11 aromatic rings. The van der Waals surface area contributed by atoms with Gasteiger partial charge in [0.05, 0.1) is 11.1 Å². The van der Waals surface area contributed by atoms with E-state index in [1.165, 1.54) is 93.9 Å². The van der Waals surface area contributed by atoms with Crippen LogP contribution in [-0.4, -0.2) is 11.3 Å². The van der Waals surface area contributed by atoms with Crippen LogP contribution < -0.4 is 20.7 Å². The van der Waals surface area contributed by atoms with Crippen LogP contribution in [0.4, 0.5) is 34.1 Å². The molecule has 0 bridgehead atoms. The highest BCUT2D eigenvalue weighted by Crippen LogP contribution is 2.59. The first-order valence-corrected chi connectivity index (χ1v) is 22.0. The van der Waals surface area contributed by atoms with Gasteiger partial charge in [-0.05, 0) is 98.0 Å². The van der Waals surface area contributed by atoms with Crippen LogP contribution >= 0.6 is 0 Å². The molecule has 0 aliphatic carbocycles. The molecule has 0 spiro atoms. The van der Waals surface area contributed by atoms with E-state index in [0.717, 1.165) is 17.1 Å². The van der Waals surface area contributed by atoms with Gasteiger partial charge in [-0.15, -0.1) is 0 Å². The fourth-order valence-corrected chi connectivity index (χ4v) is 11.8. The van der Waals surface area contributed by atoms with Gasteiger partial charge >= 0.3 is 6.85 Å². The number of para-hydroxylation sites is 5. The molecule has 3 nitrogen and oxygen atoms in total. The Morgan fingerprint density at radius 1 is 0.429 bits per heavy atom. The second kappa shape index (κ2) is 13.0. The summed E-state index contributed by atoms with van der Waals surface area (Å²) in [6, 6.07) is 85.9. The van der Waals surface area contributed by atoms with E-state index in [0.29, 0.717) is 0 Å². The molecule has 10 aromatic carbocycles. The molecule has 0 N–H and O–H groups in total. The maximum absolute atomic E-state index is 2.70. The third-order valence-electron chi connectivity index (χ3n) is 14.2. The summed E-state index contributed by atoms with van der Waals surface area (Å²) < 4.78 is 2.70. The zero-order valence-electron chi connectivity index (χ0n) is 34.4. The number of benzene rings is 10. The predicted molar refractivity (Wildman–Crippen MR) is 264 cm³/mol. The van der Waals surface area contributed by atoms with E-state index in [9.17, 15) is 0 Å². The van der Waals surface area contributed by atoms with Crippen molar-refractivity contribution in [3.63, 3.8) is 0 Å². The maximum atomic E-state index is 2.70. The Balaban J connectivity index is 1.18. The molecule has 0 fully saturated rings. The first-order valence-electron chi connectivity index (χ1n) is 22.0. The monoisotopic (exact) mass is 799 g/mol. The van der Waals surface area contributed by atoms with E-state index < -0.39 is 5.41 Å². The first kappa shape index (κ1) is 34.6. The van der Waals surface area contributed by atoms with Crippen molar-refractivity contribution in [1.29, 1.82) is 0 Å². The quantitative estimate of drug-likeness (QED) is 0.161. The number of fused-ring (bicyclic) bond motifs is 11. The predicted octanol–water partition coefficient (Wildman–Crippen LogP) is 13.5. The summed E-state index contributed by atoms with van der Waals surface area (Å²) in [6.07, 6.45) is 0. The van der Waals surface area contributed by atoms with Crippen molar-refractivity contribution >= 4 is 84.5 Å². The van der Waals surface area contributed by atoms with Gasteiger partial charge in [-0.25, -0.2) is 0 Å². The summed E-state index contributed by atoms with van der Waals surface area (Å²) in [4.78, 5) is 5.06. The topological polar surface area (TPSA) is 11.4 Å². The van der Waals surface area contributed by atoms with Crippen LogP contribution in [0, 0.1) is 0 Å². The number of hydrogen-bond donors (Lipinski definition) is 0. The Morgan fingerprint density at radius 3 is 1.76 bits per heavy atom. The molecule has 4 heterocycles. The Kier molecular flexibility index (Phi) is 7.13. The number of hydrogen-bond acceptors (Lipinski definition) is 2. The lowest BCUT2D eigenvalue weighted by Gasteiger charge is -2.50. The second-order valence-electron chi connectivity index (χ2n) is 17.2. The van der Waals surface area contributed by atoms with Gasteiger partial charge in [-0.2, -0.15) is 0 Å². The van der Waals surface area contributed by atoms with Crippen molar-refractivity contribution in [2.45, 2.75) is 5.41 Å². The molecular formula is C59H38BN3. The minimum atomic E-state index is -0.587. The third-order valence-corrected chi connectivity index (χ3v) is 14.2. The fourth-order valence-electron chi connectivity index (χ4n) is 11.8. The summed E-state index contributed by atoms with van der Waals surface area (Å²) in [6.45, 7) is -0.0947. The lowest BCUT2D eigenvalue weighted by atomic mass is 9.44. The normalized spacial score (nSPS) is 13.8. The molecule has 63 heavy (non-hydrogen) atoms. The van der Waals surface area contributed by atoms with Gasteiger partial charge in [-0.3, -0.25) is 0 Å². The van der Waals surface area contributed by atoms with Crippen LogP contribution in [0.2, 0.25) is 0 Å². The number of aromatic nitrogens is 1. The Labute approximate surface area is 366 Å². The summed E-state index contributed by atoms with van der Waals surface area (Å²) in [5.41, 5.74) is 19.2. The number of anilines is 6.